The molecule has 2 rings (SSSR count). The van der Waals surface area contributed by atoms with Crippen LogP contribution in [0.5, 0.6) is 0 Å². The second-order valence-electron chi connectivity index (χ2n) is 5.21. The first-order valence-electron chi connectivity index (χ1n) is 7.67. The van der Waals surface area contributed by atoms with Crippen LogP contribution in [0.3, 0.4) is 0 Å². The van der Waals surface area contributed by atoms with E-state index in [0.717, 1.165) is 17.7 Å². The number of nitrogens with one attached hydrogen (secondary N) is 2. The van der Waals surface area contributed by atoms with Crippen LogP contribution in [0.15, 0.2) is 30.6 Å². The number of amides is 2. The molecule has 2 aromatic rings. The Kier molecular flexibility index (Phi) is 6.10. The van der Waals surface area contributed by atoms with Gasteiger partial charge in [0.15, 0.2) is 5.82 Å². The molecule has 1 unspecified atom stereocenters. The molecule has 1 aromatic heterocycles. The van der Waals surface area contributed by atoms with Crippen molar-refractivity contribution in [1.82, 2.24) is 20.1 Å². The lowest BCUT2D eigenvalue weighted by atomic mass is 10.1. The van der Waals surface area contributed by atoms with E-state index in [4.69, 9.17) is 4.74 Å². The van der Waals surface area contributed by atoms with Crippen LogP contribution in [0.1, 0.15) is 31.3 Å². The van der Waals surface area contributed by atoms with Crippen molar-refractivity contribution in [2.75, 3.05) is 19.0 Å². The lowest BCUT2D eigenvalue weighted by Gasteiger charge is -2.16. The maximum Gasteiger partial charge on any atom is 0.319 e. The number of urea groups is 1. The van der Waals surface area contributed by atoms with Gasteiger partial charge < -0.3 is 19.9 Å². The molecule has 0 spiro atoms. The van der Waals surface area contributed by atoms with Gasteiger partial charge in [0, 0.05) is 19.3 Å². The number of carbonyl (C=O) groups excluding carboxylic acids is 1. The van der Waals surface area contributed by atoms with Crippen molar-refractivity contribution >= 4 is 11.7 Å². The fraction of sp³-hybridized carbons (Fsp3) is 0.438. The smallest absolute Gasteiger partial charge is 0.319 e. The van der Waals surface area contributed by atoms with Gasteiger partial charge in [-0.25, -0.2) is 4.79 Å². The molecular weight excluding hydrogens is 294 g/mol. The molecule has 1 heterocycles. The number of hydrogen-bond acceptors (Lipinski definition) is 4. The molecule has 0 saturated heterocycles. The summed E-state index contributed by atoms with van der Waals surface area (Å²) in [6.07, 6.45) is 2.49. The zero-order valence-corrected chi connectivity index (χ0v) is 13.7. The number of ether oxygens (including phenoxy) is 1. The highest BCUT2D eigenvalue weighted by molar-refractivity contribution is 5.90. The SMILES string of the molecule is CCc1ccccc1NC(=O)NC(C)c1nncn1CCOC. The number of hydrogen-bond donors (Lipinski definition) is 2. The normalized spacial score (nSPS) is 12.0. The average molecular weight is 317 g/mol. The third kappa shape index (κ3) is 4.53. The molecule has 1 atom stereocenters. The number of anilines is 1. The van der Waals surface area contributed by atoms with Crippen LogP contribution < -0.4 is 10.6 Å². The highest BCUT2D eigenvalue weighted by atomic mass is 16.5. The largest absolute Gasteiger partial charge is 0.383 e. The summed E-state index contributed by atoms with van der Waals surface area (Å²) in [6, 6.07) is 7.23. The minimum atomic E-state index is -0.264. The van der Waals surface area contributed by atoms with E-state index in [9.17, 15) is 4.79 Å². The molecule has 0 saturated carbocycles. The van der Waals surface area contributed by atoms with E-state index in [2.05, 4.69) is 27.8 Å². The third-order valence-corrected chi connectivity index (χ3v) is 3.56. The lowest BCUT2D eigenvalue weighted by Crippen LogP contribution is -2.33. The molecule has 0 bridgehead atoms. The van der Waals surface area contributed by atoms with E-state index < -0.39 is 0 Å². The molecule has 0 fully saturated rings. The highest BCUT2D eigenvalue weighted by Crippen LogP contribution is 2.16. The number of benzene rings is 1. The van der Waals surface area contributed by atoms with E-state index in [1.54, 1.807) is 13.4 Å². The Balaban J connectivity index is 1.98. The minimum Gasteiger partial charge on any atom is -0.383 e. The van der Waals surface area contributed by atoms with E-state index in [1.165, 1.54) is 0 Å². The summed E-state index contributed by atoms with van der Waals surface area (Å²) >= 11 is 0. The Morgan fingerprint density at radius 3 is 2.91 bits per heavy atom. The van der Waals surface area contributed by atoms with Gasteiger partial charge in [0.2, 0.25) is 0 Å². The Labute approximate surface area is 136 Å². The molecule has 0 aliphatic rings. The maximum atomic E-state index is 12.2. The van der Waals surface area contributed by atoms with E-state index in [1.807, 2.05) is 35.8 Å². The van der Waals surface area contributed by atoms with Crippen molar-refractivity contribution in [2.45, 2.75) is 32.9 Å². The molecule has 2 amide bonds. The predicted octanol–water partition coefficient (Wildman–Crippen LogP) is 2.37. The predicted molar refractivity (Wildman–Crippen MR) is 88.3 cm³/mol. The van der Waals surface area contributed by atoms with E-state index >= 15 is 0 Å². The molecule has 124 valence electrons. The van der Waals surface area contributed by atoms with Gasteiger partial charge in [-0.2, -0.15) is 0 Å². The second kappa shape index (κ2) is 8.28. The number of nitrogens with zero attached hydrogens (tertiary/aromatic N) is 3. The summed E-state index contributed by atoms with van der Waals surface area (Å²) in [7, 11) is 1.64. The van der Waals surface area contributed by atoms with Crippen LogP contribution >= 0.6 is 0 Å². The molecule has 7 nitrogen and oxygen atoms in total. The summed E-state index contributed by atoms with van der Waals surface area (Å²) in [6.45, 7) is 5.14. The molecule has 0 aliphatic heterocycles. The number of para-hydroxylation sites is 1. The number of aromatic nitrogens is 3. The Morgan fingerprint density at radius 2 is 2.17 bits per heavy atom. The van der Waals surface area contributed by atoms with Crippen molar-refractivity contribution in [3.8, 4) is 0 Å². The Bertz CT molecular complexity index is 641. The van der Waals surface area contributed by atoms with Gasteiger partial charge in [-0.05, 0) is 25.0 Å². The van der Waals surface area contributed by atoms with Gasteiger partial charge in [-0.3, -0.25) is 0 Å². The molecule has 0 aliphatic carbocycles. The van der Waals surface area contributed by atoms with Crippen LogP contribution in [-0.4, -0.2) is 34.5 Å². The molecule has 1 aromatic carbocycles. The topological polar surface area (TPSA) is 81.1 Å². The first-order chi connectivity index (χ1) is 11.2. The van der Waals surface area contributed by atoms with Gasteiger partial charge in [0.1, 0.15) is 6.33 Å². The Morgan fingerprint density at radius 1 is 1.39 bits per heavy atom. The lowest BCUT2D eigenvalue weighted by molar-refractivity contribution is 0.185. The number of carbonyl (C=O) groups is 1. The van der Waals surface area contributed by atoms with Gasteiger partial charge in [-0.15, -0.1) is 10.2 Å². The minimum absolute atomic E-state index is 0.261. The summed E-state index contributed by atoms with van der Waals surface area (Å²) in [4.78, 5) is 12.2. The fourth-order valence-electron chi connectivity index (χ4n) is 2.33. The summed E-state index contributed by atoms with van der Waals surface area (Å²) in [5, 5.41) is 13.7. The average Bonchev–Trinajstić information content (AvgIpc) is 3.01. The number of aryl methyl sites for hydroxylation is 1. The maximum absolute atomic E-state index is 12.2. The summed E-state index contributed by atoms with van der Waals surface area (Å²) in [5.74, 6) is 0.695. The standard InChI is InChI=1S/C16H23N5O2/c1-4-13-7-5-6-8-14(13)19-16(22)18-12(2)15-20-17-11-21(15)9-10-23-3/h5-8,11-12H,4,9-10H2,1-3H3,(H2,18,19,22). The molecule has 0 radical (unpaired) electrons. The molecule has 7 heteroatoms. The number of methoxy groups -OCH3 is 1. The van der Waals surface area contributed by atoms with E-state index in [0.29, 0.717) is 19.0 Å². The molecular formula is C16H23N5O2. The Hall–Kier alpha value is -2.41. The van der Waals surface area contributed by atoms with Crippen molar-refractivity contribution < 1.29 is 9.53 Å². The van der Waals surface area contributed by atoms with Crippen molar-refractivity contribution in [3.05, 3.63) is 42.0 Å². The first kappa shape index (κ1) is 17.0. The van der Waals surface area contributed by atoms with Gasteiger partial charge in [-0.1, -0.05) is 25.1 Å². The van der Waals surface area contributed by atoms with Crippen molar-refractivity contribution in [2.24, 2.45) is 0 Å². The van der Waals surface area contributed by atoms with E-state index in [-0.39, 0.29) is 12.1 Å². The quantitative estimate of drug-likeness (QED) is 0.821. The fourth-order valence-corrected chi connectivity index (χ4v) is 2.33. The van der Waals surface area contributed by atoms with Crippen LogP contribution in [0.25, 0.3) is 0 Å². The highest BCUT2D eigenvalue weighted by Gasteiger charge is 2.16. The zero-order chi connectivity index (χ0) is 16.7. The van der Waals surface area contributed by atoms with Gasteiger partial charge >= 0.3 is 6.03 Å². The first-order valence-corrected chi connectivity index (χ1v) is 7.67. The van der Waals surface area contributed by atoms with Crippen LogP contribution in [0, 0.1) is 0 Å². The van der Waals surface area contributed by atoms with Crippen molar-refractivity contribution in [1.29, 1.82) is 0 Å². The molecule has 23 heavy (non-hydrogen) atoms. The van der Waals surface area contributed by atoms with Crippen molar-refractivity contribution in [3.63, 3.8) is 0 Å². The second-order valence-corrected chi connectivity index (χ2v) is 5.21. The van der Waals surface area contributed by atoms with Crippen LogP contribution in [0.2, 0.25) is 0 Å². The summed E-state index contributed by atoms with van der Waals surface area (Å²) in [5.41, 5.74) is 1.92. The number of rotatable bonds is 7. The van der Waals surface area contributed by atoms with Crippen LogP contribution in [0.4, 0.5) is 10.5 Å². The monoisotopic (exact) mass is 317 g/mol. The van der Waals surface area contributed by atoms with Gasteiger partial charge in [0.25, 0.3) is 0 Å². The zero-order valence-electron chi connectivity index (χ0n) is 13.7. The third-order valence-electron chi connectivity index (χ3n) is 3.56. The van der Waals surface area contributed by atoms with Gasteiger partial charge in [0.05, 0.1) is 12.6 Å². The van der Waals surface area contributed by atoms with Crippen LogP contribution in [-0.2, 0) is 17.7 Å². The summed E-state index contributed by atoms with van der Waals surface area (Å²) < 4.78 is 6.93. The molecule has 2 N–H and O–H groups in total.